The molecule has 2 saturated carbocycles. The summed E-state index contributed by atoms with van der Waals surface area (Å²) in [4.78, 5) is 28.1. The fraction of sp³-hybridized carbons (Fsp3) is 0.529. The second kappa shape index (κ2) is 4.91. The lowest BCUT2D eigenvalue weighted by atomic mass is 9.81. The largest absolute Gasteiger partial charge is 0.274 e. The van der Waals surface area contributed by atoms with E-state index in [0.29, 0.717) is 0 Å². The first kappa shape index (κ1) is 14.9. The van der Waals surface area contributed by atoms with Gasteiger partial charge in [0.2, 0.25) is 11.8 Å². The summed E-state index contributed by atoms with van der Waals surface area (Å²) in [6.45, 7) is 3.93. The van der Waals surface area contributed by atoms with Crippen LogP contribution in [0.4, 0.5) is 5.69 Å². The van der Waals surface area contributed by atoms with Crippen LogP contribution < -0.4 is 4.90 Å². The van der Waals surface area contributed by atoms with Crippen molar-refractivity contribution in [2.24, 2.45) is 23.7 Å². The second-order valence-corrected chi connectivity index (χ2v) is 8.87. The number of carbonyl (C=O) groups is 2. The summed E-state index contributed by atoms with van der Waals surface area (Å²) in [5, 5.41) is 0. The van der Waals surface area contributed by atoms with Crippen molar-refractivity contribution in [1.82, 2.24) is 0 Å². The Bertz CT molecular complexity index is 637. The quantitative estimate of drug-likeness (QED) is 0.508. The Kier molecular flexibility index (Phi) is 3.32. The minimum atomic E-state index is -0.144. The van der Waals surface area contributed by atoms with Gasteiger partial charge in [-0.3, -0.25) is 9.59 Å². The molecule has 0 radical (unpaired) electrons. The number of rotatable bonds is 1. The molecule has 2 bridgehead atoms. The van der Waals surface area contributed by atoms with Crippen LogP contribution in [0.15, 0.2) is 18.2 Å². The number of nitrogens with zero attached hydrogens (tertiary/aromatic N) is 1. The smallest absolute Gasteiger partial charge is 0.238 e. The molecule has 1 heterocycles. The summed E-state index contributed by atoms with van der Waals surface area (Å²) in [6, 6.07) is 5.89. The Morgan fingerprint density at radius 1 is 0.955 bits per heavy atom. The molecular weight excluding hydrogens is 410 g/mol. The summed E-state index contributed by atoms with van der Waals surface area (Å²) in [5.74, 6) is 0.257. The molecule has 3 nitrogen and oxygen atoms in total. The molecule has 0 unspecified atom stereocenters. The summed E-state index contributed by atoms with van der Waals surface area (Å²) in [6.07, 6.45) is 0.971. The van der Waals surface area contributed by atoms with E-state index < -0.39 is 0 Å². The minimum absolute atomic E-state index is 0.00347. The lowest BCUT2D eigenvalue weighted by molar-refractivity contribution is -0.123. The average molecular weight is 427 g/mol. The highest BCUT2D eigenvalue weighted by atomic mass is 79.9. The van der Waals surface area contributed by atoms with Crippen LogP contribution in [0.1, 0.15) is 17.5 Å². The Morgan fingerprint density at radius 2 is 1.41 bits per heavy atom. The van der Waals surface area contributed by atoms with Crippen LogP contribution in [-0.2, 0) is 9.59 Å². The highest BCUT2D eigenvalue weighted by Crippen LogP contribution is 2.60. The maximum Gasteiger partial charge on any atom is 0.238 e. The summed E-state index contributed by atoms with van der Waals surface area (Å²) >= 11 is 7.44. The number of carbonyl (C=O) groups excluding carboxylic acids is 2. The van der Waals surface area contributed by atoms with E-state index in [1.54, 1.807) is 0 Å². The summed E-state index contributed by atoms with van der Waals surface area (Å²) in [7, 11) is 0. The van der Waals surface area contributed by atoms with Crippen molar-refractivity contribution in [2.75, 3.05) is 4.90 Å². The first-order valence-electron chi connectivity index (χ1n) is 7.65. The van der Waals surface area contributed by atoms with Gasteiger partial charge >= 0.3 is 0 Å². The van der Waals surface area contributed by atoms with Crippen molar-refractivity contribution >= 4 is 49.4 Å². The first-order valence-corrected chi connectivity index (χ1v) is 9.48. The standard InChI is InChI=1S/C17H17Br2NO2/c1-7-4-3-5-8(2)15(7)20-16(21)11-9-6-10(12(11)17(20)22)14(19)13(9)18/h3-5,9-14H,6H2,1-2H3/t9-,10-,11-,12+,13+,14+/m1/s1. The number of halogens is 2. The van der Waals surface area contributed by atoms with Gasteiger partial charge in [0.1, 0.15) is 0 Å². The van der Waals surface area contributed by atoms with Crippen LogP contribution in [-0.4, -0.2) is 21.5 Å². The molecule has 2 amide bonds. The van der Waals surface area contributed by atoms with Crippen molar-refractivity contribution in [2.45, 2.75) is 29.9 Å². The number of para-hydroxylation sites is 1. The van der Waals surface area contributed by atoms with E-state index in [1.165, 1.54) is 4.90 Å². The van der Waals surface area contributed by atoms with Gasteiger partial charge < -0.3 is 0 Å². The molecule has 0 aromatic heterocycles. The molecule has 1 aromatic rings. The van der Waals surface area contributed by atoms with Crippen LogP contribution in [0.2, 0.25) is 0 Å². The maximum absolute atomic E-state index is 13.0. The van der Waals surface area contributed by atoms with Gasteiger partial charge in [0, 0.05) is 9.65 Å². The van der Waals surface area contributed by atoms with Crippen LogP contribution in [0.3, 0.4) is 0 Å². The summed E-state index contributed by atoms with van der Waals surface area (Å²) in [5.41, 5.74) is 2.77. The maximum atomic E-state index is 13.0. The van der Waals surface area contributed by atoms with Gasteiger partial charge in [-0.05, 0) is 43.2 Å². The number of amides is 2. The van der Waals surface area contributed by atoms with Crippen molar-refractivity contribution in [3.63, 3.8) is 0 Å². The van der Waals surface area contributed by atoms with E-state index in [1.807, 2.05) is 32.0 Å². The fourth-order valence-electron chi connectivity index (χ4n) is 4.73. The topological polar surface area (TPSA) is 37.4 Å². The van der Waals surface area contributed by atoms with Gasteiger partial charge in [-0.25, -0.2) is 4.90 Å². The van der Waals surface area contributed by atoms with Crippen molar-refractivity contribution in [1.29, 1.82) is 0 Å². The molecule has 1 saturated heterocycles. The Morgan fingerprint density at radius 3 is 1.86 bits per heavy atom. The molecule has 0 spiro atoms. The summed E-state index contributed by atoms with van der Waals surface area (Å²) < 4.78 is 0. The molecule has 1 aromatic carbocycles. The molecule has 2 aliphatic carbocycles. The number of imide groups is 1. The number of fused-ring (bicyclic) bond motifs is 5. The van der Waals surface area contributed by atoms with Crippen LogP contribution >= 0.6 is 31.9 Å². The Hall–Kier alpha value is -0.680. The number of alkyl halides is 2. The van der Waals surface area contributed by atoms with Crippen LogP contribution in [0.25, 0.3) is 0 Å². The zero-order valence-corrected chi connectivity index (χ0v) is 15.6. The number of aryl methyl sites for hydroxylation is 2. The minimum Gasteiger partial charge on any atom is -0.274 e. The number of anilines is 1. The van der Waals surface area contributed by atoms with Crippen molar-refractivity contribution < 1.29 is 9.59 Å². The molecular formula is C17H17Br2NO2. The Labute approximate surface area is 146 Å². The molecule has 116 valence electrons. The van der Waals surface area contributed by atoms with Gasteiger partial charge in [-0.15, -0.1) is 0 Å². The molecule has 3 aliphatic rings. The lowest BCUT2D eigenvalue weighted by Gasteiger charge is -2.28. The number of benzene rings is 1. The third kappa shape index (κ3) is 1.72. The van der Waals surface area contributed by atoms with Crippen molar-refractivity contribution in [3.05, 3.63) is 29.3 Å². The normalized spacial score (nSPS) is 39.7. The third-order valence-electron chi connectivity index (χ3n) is 5.65. The second-order valence-electron chi connectivity index (χ2n) is 6.76. The SMILES string of the molecule is Cc1cccc(C)c1N1C(=O)[C@@H]2[C@H]3C[C@@H]([C@H](Br)[C@H]3Br)[C@@H]2C1=O. The van der Waals surface area contributed by atoms with E-state index in [-0.39, 0.29) is 45.1 Å². The van der Waals surface area contributed by atoms with Crippen LogP contribution in [0, 0.1) is 37.5 Å². The van der Waals surface area contributed by atoms with Gasteiger partial charge in [-0.1, -0.05) is 50.1 Å². The Balaban J connectivity index is 1.80. The predicted octanol–water partition coefficient (Wildman–Crippen LogP) is 3.59. The van der Waals surface area contributed by atoms with Crippen molar-refractivity contribution in [3.8, 4) is 0 Å². The van der Waals surface area contributed by atoms with Gasteiger partial charge in [-0.2, -0.15) is 0 Å². The van der Waals surface area contributed by atoms with E-state index in [0.717, 1.165) is 23.2 Å². The number of hydrogen-bond donors (Lipinski definition) is 0. The average Bonchev–Trinajstić information content (AvgIpc) is 3.06. The van der Waals surface area contributed by atoms with Gasteiger partial charge in [0.25, 0.3) is 0 Å². The van der Waals surface area contributed by atoms with Gasteiger partial charge in [0.15, 0.2) is 0 Å². The van der Waals surface area contributed by atoms with E-state index in [2.05, 4.69) is 31.9 Å². The highest BCUT2D eigenvalue weighted by Gasteiger charge is 2.66. The van der Waals surface area contributed by atoms with E-state index in [4.69, 9.17) is 0 Å². The fourth-order valence-corrected chi connectivity index (χ4v) is 6.60. The molecule has 22 heavy (non-hydrogen) atoms. The first-order chi connectivity index (χ1) is 10.4. The monoisotopic (exact) mass is 425 g/mol. The van der Waals surface area contributed by atoms with E-state index >= 15 is 0 Å². The van der Waals surface area contributed by atoms with E-state index in [9.17, 15) is 9.59 Å². The lowest BCUT2D eigenvalue weighted by Crippen LogP contribution is -2.37. The molecule has 0 N–H and O–H groups in total. The molecule has 3 fully saturated rings. The molecule has 6 atom stereocenters. The van der Waals surface area contributed by atoms with Gasteiger partial charge in [0.05, 0.1) is 17.5 Å². The predicted molar refractivity (Wildman–Crippen MR) is 92.4 cm³/mol. The van der Waals surface area contributed by atoms with Crippen LogP contribution in [0.5, 0.6) is 0 Å². The highest BCUT2D eigenvalue weighted by molar-refractivity contribution is 9.12. The zero-order chi connectivity index (χ0) is 15.8. The molecule has 4 rings (SSSR count). The number of hydrogen-bond acceptors (Lipinski definition) is 2. The molecule has 1 aliphatic heterocycles. The third-order valence-corrected chi connectivity index (χ3v) is 8.86. The molecule has 5 heteroatoms. The zero-order valence-electron chi connectivity index (χ0n) is 12.4.